The minimum absolute atomic E-state index is 0.401. The molecule has 2 atom stereocenters. The monoisotopic (exact) mass is 447 g/mol. The third-order valence-electron chi connectivity index (χ3n) is 4.73. The van der Waals surface area contributed by atoms with Crippen LogP contribution < -0.4 is 9.62 Å². The molecule has 1 aromatic carbocycles. The predicted octanol–water partition coefficient (Wildman–Crippen LogP) is 4.33. The first-order valence-corrected chi connectivity index (χ1v) is 11.2. The van der Waals surface area contributed by atoms with Crippen molar-refractivity contribution in [3.8, 4) is 11.1 Å². The Hall–Kier alpha value is -2.52. The third kappa shape index (κ3) is 4.57. The molecule has 8 nitrogen and oxygen atoms in total. The molecule has 1 aromatic heterocycles. The van der Waals surface area contributed by atoms with Gasteiger partial charge in [-0.2, -0.15) is 0 Å². The van der Waals surface area contributed by atoms with Crippen molar-refractivity contribution in [1.29, 1.82) is 0 Å². The summed E-state index contributed by atoms with van der Waals surface area (Å²) in [6.07, 6.45) is -0.769. The summed E-state index contributed by atoms with van der Waals surface area (Å²) in [7, 11) is -1.53. The van der Waals surface area contributed by atoms with Crippen LogP contribution >= 0.6 is 0 Å². The second-order valence-electron chi connectivity index (χ2n) is 9.56. The number of carbonyl (C=O) groups excluding carboxylic acids is 2. The number of ether oxygens (including phenoxy) is 1. The first-order chi connectivity index (χ1) is 14.2. The molecule has 2 aromatic rings. The van der Waals surface area contributed by atoms with Crippen LogP contribution in [0.2, 0.25) is 0 Å². The third-order valence-corrected chi connectivity index (χ3v) is 6.29. The second-order valence-corrected chi connectivity index (χ2v) is 11.6. The van der Waals surface area contributed by atoms with E-state index in [1.807, 2.05) is 40.7 Å². The van der Waals surface area contributed by atoms with Crippen LogP contribution in [-0.2, 0) is 20.5 Å². The molecule has 0 radical (unpaired) electrons. The van der Waals surface area contributed by atoms with Crippen LogP contribution in [0.4, 0.5) is 10.5 Å². The number of aromatic nitrogens is 1. The second kappa shape index (κ2) is 7.87. The Balaban J connectivity index is 2.10. The maximum absolute atomic E-state index is 13.3. The van der Waals surface area contributed by atoms with Crippen LogP contribution in [0.25, 0.3) is 11.1 Å². The zero-order chi connectivity index (χ0) is 23.3. The SMILES string of the molecule is Cc1noc(C)c1-c1ccc2c(c1)[C@H](NS(=O)C(C)(C)C)C(=O)N2C(=O)OC(C)(C)C. The lowest BCUT2D eigenvalue weighted by atomic mass is 9.99. The summed E-state index contributed by atoms with van der Waals surface area (Å²) >= 11 is 0. The molecule has 0 bridgehead atoms. The van der Waals surface area contributed by atoms with Gasteiger partial charge in [-0.1, -0.05) is 11.2 Å². The van der Waals surface area contributed by atoms with Crippen LogP contribution in [0.5, 0.6) is 0 Å². The Morgan fingerprint density at radius 1 is 1.19 bits per heavy atom. The zero-order valence-electron chi connectivity index (χ0n) is 19.2. The number of hydrogen-bond acceptors (Lipinski definition) is 6. The van der Waals surface area contributed by atoms with E-state index in [-0.39, 0.29) is 0 Å². The van der Waals surface area contributed by atoms with Crippen molar-refractivity contribution in [2.24, 2.45) is 0 Å². The Bertz CT molecular complexity index is 1040. The average molecular weight is 448 g/mol. The number of carbonyl (C=O) groups is 2. The average Bonchev–Trinajstić information content (AvgIpc) is 3.09. The molecule has 2 amide bonds. The molecule has 0 saturated heterocycles. The highest BCUT2D eigenvalue weighted by molar-refractivity contribution is 7.84. The predicted molar refractivity (Wildman–Crippen MR) is 119 cm³/mol. The fourth-order valence-electron chi connectivity index (χ4n) is 3.31. The van der Waals surface area contributed by atoms with E-state index in [4.69, 9.17) is 9.26 Å². The van der Waals surface area contributed by atoms with E-state index in [1.165, 1.54) is 0 Å². The number of rotatable bonds is 3. The van der Waals surface area contributed by atoms with Gasteiger partial charge >= 0.3 is 6.09 Å². The summed E-state index contributed by atoms with van der Waals surface area (Å²) < 4.78 is 25.8. The van der Waals surface area contributed by atoms with Crippen LogP contribution in [-0.4, -0.2) is 31.7 Å². The molecule has 3 rings (SSSR count). The molecular weight excluding hydrogens is 418 g/mol. The van der Waals surface area contributed by atoms with Gasteiger partial charge in [-0.05, 0) is 73.1 Å². The molecule has 1 aliphatic rings. The number of fused-ring (bicyclic) bond motifs is 1. The first-order valence-electron chi connectivity index (χ1n) is 10.0. The van der Waals surface area contributed by atoms with E-state index < -0.39 is 39.4 Å². The topological polar surface area (TPSA) is 102 Å². The van der Waals surface area contributed by atoms with Gasteiger partial charge in [0.1, 0.15) is 17.4 Å². The number of imide groups is 1. The van der Waals surface area contributed by atoms with Gasteiger partial charge < -0.3 is 9.26 Å². The Kier molecular flexibility index (Phi) is 5.88. The molecule has 0 fully saturated rings. The summed E-state index contributed by atoms with van der Waals surface area (Å²) in [4.78, 5) is 27.1. The van der Waals surface area contributed by atoms with Crippen molar-refractivity contribution in [2.75, 3.05) is 4.90 Å². The lowest BCUT2D eigenvalue weighted by molar-refractivity contribution is -0.119. The number of benzene rings is 1. The van der Waals surface area contributed by atoms with Gasteiger partial charge in [0, 0.05) is 11.1 Å². The maximum Gasteiger partial charge on any atom is 0.421 e. The van der Waals surface area contributed by atoms with Crippen LogP contribution in [0.1, 0.15) is 64.6 Å². The Morgan fingerprint density at radius 3 is 2.35 bits per heavy atom. The number of hydrogen-bond donors (Lipinski definition) is 1. The molecule has 0 saturated carbocycles. The van der Waals surface area contributed by atoms with Crippen molar-refractivity contribution in [3.05, 3.63) is 35.2 Å². The fourth-order valence-corrected chi connectivity index (χ4v) is 4.11. The van der Waals surface area contributed by atoms with Crippen LogP contribution in [0.15, 0.2) is 22.7 Å². The van der Waals surface area contributed by atoms with Crippen molar-refractivity contribution >= 4 is 28.7 Å². The number of anilines is 1. The largest absolute Gasteiger partial charge is 0.443 e. The summed E-state index contributed by atoms with van der Waals surface area (Å²) in [5.41, 5.74) is 2.51. The van der Waals surface area contributed by atoms with Crippen molar-refractivity contribution < 1.29 is 23.1 Å². The standard InChI is InChI=1S/C22H29N3O5S/c1-12-17(13(2)30-23-12)14-9-10-16-15(11-14)18(24-31(28)22(6,7)8)19(26)25(16)20(27)29-21(3,4)5/h9-11,18,24H,1-8H3/t18-,31?/m0/s1. The smallest absolute Gasteiger partial charge is 0.421 e. The van der Waals surface area contributed by atoms with Gasteiger partial charge in [-0.15, -0.1) is 0 Å². The lowest BCUT2D eigenvalue weighted by Crippen LogP contribution is -2.44. The van der Waals surface area contributed by atoms with E-state index >= 15 is 0 Å². The molecule has 1 unspecified atom stereocenters. The number of amides is 2. The summed E-state index contributed by atoms with van der Waals surface area (Å²) in [5.74, 6) is 0.117. The zero-order valence-corrected chi connectivity index (χ0v) is 20.0. The minimum Gasteiger partial charge on any atom is -0.443 e. The van der Waals surface area contributed by atoms with Gasteiger partial charge in [-0.25, -0.2) is 18.6 Å². The summed E-state index contributed by atoms with van der Waals surface area (Å²) in [6.45, 7) is 14.3. The van der Waals surface area contributed by atoms with Gasteiger partial charge in [0.2, 0.25) is 0 Å². The van der Waals surface area contributed by atoms with E-state index in [1.54, 1.807) is 32.9 Å². The Labute approximate surface area is 184 Å². The van der Waals surface area contributed by atoms with E-state index in [0.717, 1.165) is 16.0 Å². The summed E-state index contributed by atoms with van der Waals surface area (Å²) in [5, 5.41) is 3.99. The maximum atomic E-state index is 13.3. The van der Waals surface area contributed by atoms with Crippen LogP contribution in [0, 0.1) is 13.8 Å². The van der Waals surface area contributed by atoms with Gasteiger partial charge in [-0.3, -0.25) is 4.79 Å². The molecular formula is C22H29N3O5S. The van der Waals surface area contributed by atoms with Gasteiger partial charge in [0.25, 0.3) is 5.91 Å². The highest BCUT2D eigenvalue weighted by Crippen LogP contribution is 2.41. The number of nitrogens with zero attached hydrogens (tertiary/aromatic N) is 2. The first kappa shape index (κ1) is 23.1. The van der Waals surface area contributed by atoms with Crippen molar-refractivity contribution in [1.82, 2.24) is 9.88 Å². The quantitative estimate of drug-likeness (QED) is 0.751. The summed E-state index contributed by atoms with van der Waals surface area (Å²) in [6, 6.07) is 4.35. The van der Waals surface area contributed by atoms with E-state index in [9.17, 15) is 13.8 Å². The Morgan fingerprint density at radius 2 is 1.84 bits per heavy atom. The van der Waals surface area contributed by atoms with E-state index in [2.05, 4.69) is 9.88 Å². The van der Waals surface area contributed by atoms with Gasteiger partial charge in [0.15, 0.2) is 0 Å². The highest BCUT2D eigenvalue weighted by atomic mass is 32.2. The fraction of sp³-hybridized carbons (Fsp3) is 0.500. The molecule has 2 heterocycles. The van der Waals surface area contributed by atoms with Gasteiger partial charge in [0.05, 0.1) is 27.1 Å². The molecule has 168 valence electrons. The normalized spacial score (nSPS) is 17.6. The number of nitrogens with one attached hydrogen (secondary N) is 1. The van der Waals surface area contributed by atoms with Crippen molar-refractivity contribution in [2.45, 2.75) is 71.8 Å². The minimum atomic E-state index is -1.53. The van der Waals surface area contributed by atoms with Crippen molar-refractivity contribution in [3.63, 3.8) is 0 Å². The molecule has 0 spiro atoms. The lowest BCUT2D eigenvalue weighted by Gasteiger charge is -2.24. The number of aryl methyl sites for hydroxylation is 2. The molecule has 1 aliphatic heterocycles. The molecule has 1 N–H and O–H groups in total. The molecule has 9 heteroatoms. The van der Waals surface area contributed by atoms with Crippen LogP contribution in [0.3, 0.4) is 0 Å². The molecule has 0 aliphatic carbocycles. The highest BCUT2D eigenvalue weighted by Gasteiger charge is 2.44. The van der Waals surface area contributed by atoms with E-state index in [0.29, 0.717) is 22.7 Å². The molecule has 31 heavy (non-hydrogen) atoms.